The number of hydrogen-bond donors (Lipinski definition) is 1. The molecule has 0 radical (unpaired) electrons. The summed E-state index contributed by atoms with van der Waals surface area (Å²) in [4.78, 5) is 12.7. The molecule has 3 rings (SSSR count). The molecule has 0 atom stereocenters. The van der Waals surface area contributed by atoms with Crippen LogP contribution in [-0.4, -0.2) is 42.3 Å². The highest BCUT2D eigenvalue weighted by atomic mass is 35.5. The van der Waals surface area contributed by atoms with Gasteiger partial charge in [-0.1, -0.05) is 29.8 Å². The summed E-state index contributed by atoms with van der Waals surface area (Å²) in [7, 11) is -5.61. The fraction of sp³-hybridized carbons (Fsp3) is 0.174. The van der Waals surface area contributed by atoms with Crippen LogP contribution >= 0.6 is 11.6 Å². The molecule has 0 unspecified atom stereocenters. The van der Waals surface area contributed by atoms with Crippen LogP contribution in [0.25, 0.3) is 0 Å². The third-order valence-corrected chi connectivity index (χ3v) is 7.62. The van der Waals surface area contributed by atoms with E-state index in [2.05, 4.69) is 5.32 Å². The van der Waals surface area contributed by atoms with Crippen LogP contribution in [-0.2, 0) is 26.6 Å². The second kappa shape index (κ2) is 10.0. The number of sulfonamides is 2. The zero-order valence-electron chi connectivity index (χ0n) is 18.8. The summed E-state index contributed by atoms with van der Waals surface area (Å²) in [5.41, 5.74) is 2.30. The summed E-state index contributed by atoms with van der Waals surface area (Å²) >= 11 is 5.91. The van der Waals surface area contributed by atoms with Gasteiger partial charge in [-0.15, -0.1) is 0 Å². The maximum Gasteiger partial charge on any atom is 0.255 e. The maximum atomic E-state index is 12.7. The minimum absolute atomic E-state index is 0.113. The molecule has 0 aromatic heterocycles. The van der Waals surface area contributed by atoms with Crippen LogP contribution in [0.5, 0.6) is 0 Å². The van der Waals surface area contributed by atoms with Crippen LogP contribution in [0.1, 0.15) is 15.9 Å². The molecule has 3 aromatic carbocycles. The highest BCUT2D eigenvalue weighted by Crippen LogP contribution is 2.24. The van der Waals surface area contributed by atoms with Gasteiger partial charge in [-0.25, -0.2) is 16.8 Å². The van der Waals surface area contributed by atoms with Crippen LogP contribution in [0.15, 0.2) is 72.8 Å². The fourth-order valence-corrected chi connectivity index (χ4v) is 4.62. The van der Waals surface area contributed by atoms with E-state index >= 15 is 0 Å². The number of rotatable bonds is 8. The summed E-state index contributed by atoms with van der Waals surface area (Å²) in [6, 6.07) is 19.5. The van der Waals surface area contributed by atoms with E-state index in [4.69, 9.17) is 11.6 Å². The van der Waals surface area contributed by atoms with Crippen molar-refractivity contribution in [2.75, 3.05) is 33.5 Å². The van der Waals surface area contributed by atoms with Gasteiger partial charge in [0.2, 0.25) is 20.0 Å². The predicted octanol–water partition coefficient (Wildman–Crippen LogP) is 3.95. The van der Waals surface area contributed by atoms with Crippen molar-refractivity contribution in [3.05, 3.63) is 88.9 Å². The third-order valence-electron chi connectivity index (χ3n) is 5.02. The van der Waals surface area contributed by atoms with Crippen LogP contribution in [0.4, 0.5) is 17.1 Å². The minimum atomic E-state index is -3.59. The predicted molar refractivity (Wildman–Crippen MR) is 137 cm³/mol. The first-order valence-corrected chi connectivity index (χ1v) is 14.1. The lowest BCUT2D eigenvalue weighted by atomic mass is 10.1. The second-order valence-corrected chi connectivity index (χ2v) is 12.0. The number of carbonyl (C=O) groups is 1. The van der Waals surface area contributed by atoms with Gasteiger partial charge in [-0.2, -0.15) is 0 Å². The summed E-state index contributed by atoms with van der Waals surface area (Å²) < 4.78 is 50.7. The highest BCUT2D eigenvalue weighted by molar-refractivity contribution is 7.92. The van der Waals surface area contributed by atoms with E-state index in [1.165, 1.54) is 23.5 Å². The largest absolute Gasteiger partial charge is 0.322 e. The number of hydrogen-bond acceptors (Lipinski definition) is 5. The van der Waals surface area contributed by atoms with Crippen molar-refractivity contribution in [1.82, 2.24) is 0 Å². The average Bonchev–Trinajstić information content (AvgIpc) is 2.77. The molecule has 0 aliphatic carbocycles. The Morgan fingerprint density at radius 2 is 1.47 bits per heavy atom. The molecule has 0 bridgehead atoms. The number of nitrogens with one attached hydrogen (secondary N) is 1. The molecule has 0 aliphatic heterocycles. The van der Waals surface area contributed by atoms with Gasteiger partial charge in [0.1, 0.15) is 0 Å². The third kappa shape index (κ3) is 6.49. The second-order valence-electron chi connectivity index (χ2n) is 7.68. The van der Waals surface area contributed by atoms with Crippen molar-refractivity contribution in [2.45, 2.75) is 6.54 Å². The molecule has 1 amide bonds. The minimum Gasteiger partial charge on any atom is -0.322 e. The molecule has 11 heteroatoms. The summed E-state index contributed by atoms with van der Waals surface area (Å²) in [5, 5.41) is 3.28. The van der Waals surface area contributed by atoms with Crippen LogP contribution in [0.3, 0.4) is 0 Å². The SMILES string of the molecule is CN(c1cccc(NC(=O)c2ccc(N(Cc3ccc(Cl)cc3)S(C)(=O)=O)cc2)c1)S(C)(=O)=O. The van der Waals surface area contributed by atoms with Crippen molar-refractivity contribution in [3.63, 3.8) is 0 Å². The van der Waals surface area contributed by atoms with Gasteiger partial charge in [0, 0.05) is 23.3 Å². The van der Waals surface area contributed by atoms with E-state index in [-0.39, 0.29) is 6.54 Å². The molecule has 0 spiro atoms. The molecular weight excluding hydrogens is 498 g/mol. The van der Waals surface area contributed by atoms with E-state index < -0.39 is 26.0 Å². The van der Waals surface area contributed by atoms with Crippen LogP contribution in [0.2, 0.25) is 5.02 Å². The van der Waals surface area contributed by atoms with E-state index in [9.17, 15) is 21.6 Å². The number of nitrogens with zero attached hydrogens (tertiary/aromatic N) is 2. The lowest BCUT2D eigenvalue weighted by Gasteiger charge is -2.23. The molecule has 0 aliphatic rings. The maximum absolute atomic E-state index is 12.7. The van der Waals surface area contributed by atoms with Gasteiger partial charge in [-0.05, 0) is 60.2 Å². The number of halogens is 1. The van der Waals surface area contributed by atoms with Gasteiger partial charge >= 0.3 is 0 Å². The quantitative estimate of drug-likeness (QED) is 0.483. The van der Waals surface area contributed by atoms with E-state index in [0.717, 1.165) is 22.4 Å². The first kappa shape index (κ1) is 25.5. The van der Waals surface area contributed by atoms with Gasteiger partial charge in [-0.3, -0.25) is 13.4 Å². The number of anilines is 3. The number of amides is 1. The summed E-state index contributed by atoms with van der Waals surface area (Å²) in [5.74, 6) is -0.422. The average molecular weight is 522 g/mol. The van der Waals surface area contributed by atoms with E-state index in [0.29, 0.717) is 27.6 Å². The van der Waals surface area contributed by atoms with Crippen LogP contribution < -0.4 is 13.9 Å². The standard InChI is InChI=1S/C23H24ClN3O5S2/c1-26(33(2,29)30)22-6-4-5-20(15-22)25-23(28)18-9-13-21(14-10-18)27(34(3,31)32)16-17-7-11-19(24)12-8-17/h4-15H,16H2,1-3H3,(H,25,28). The van der Waals surface area contributed by atoms with Gasteiger partial charge in [0.15, 0.2) is 0 Å². The van der Waals surface area contributed by atoms with Gasteiger partial charge < -0.3 is 5.32 Å². The fourth-order valence-electron chi connectivity index (χ4n) is 3.11. The Labute approximate surface area is 204 Å². The summed E-state index contributed by atoms with van der Waals surface area (Å²) in [6.07, 6.45) is 2.20. The Morgan fingerprint density at radius 1 is 0.853 bits per heavy atom. The summed E-state index contributed by atoms with van der Waals surface area (Å²) in [6.45, 7) is 0.113. The van der Waals surface area contributed by atoms with Crippen molar-refractivity contribution in [3.8, 4) is 0 Å². The smallest absolute Gasteiger partial charge is 0.255 e. The normalized spacial score (nSPS) is 11.6. The van der Waals surface area contributed by atoms with Crippen molar-refractivity contribution in [2.24, 2.45) is 0 Å². The first-order valence-electron chi connectivity index (χ1n) is 10.0. The molecule has 0 heterocycles. The van der Waals surface area contributed by atoms with Crippen molar-refractivity contribution >= 4 is 54.6 Å². The molecule has 0 fully saturated rings. The first-order chi connectivity index (χ1) is 15.8. The zero-order chi connectivity index (χ0) is 25.1. The number of carbonyl (C=O) groups excluding carboxylic acids is 1. The van der Waals surface area contributed by atoms with Crippen molar-refractivity contribution in [1.29, 1.82) is 0 Å². The Bertz CT molecular complexity index is 1390. The molecule has 0 saturated carbocycles. The van der Waals surface area contributed by atoms with Crippen LogP contribution in [0, 0.1) is 0 Å². The lowest BCUT2D eigenvalue weighted by molar-refractivity contribution is 0.102. The van der Waals surface area contributed by atoms with E-state index in [1.54, 1.807) is 60.7 Å². The molecule has 0 saturated heterocycles. The Kier molecular flexibility index (Phi) is 7.54. The zero-order valence-corrected chi connectivity index (χ0v) is 21.2. The molecule has 3 aromatic rings. The molecule has 180 valence electrons. The molecule has 34 heavy (non-hydrogen) atoms. The lowest BCUT2D eigenvalue weighted by Crippen LogP contribution is -2.29. The monoisotopic (exact) mass is 521 g/mol. The molecule has 8 nitrogen and oxygen atoms in total. The van der Waals surface area contributed by atoms with E-state index in [1.807, 2.05) is 0 Å². The van der Waals surface area contributed by atoms with Crippen molar-refractivity contribution < 1.29 is 21.6 Å². The Balaban J connectivity index is 1.78. The van der Waals surface area contributed by atoms with Gasteiger partial charge in [0.05, 0.1) is 30.4 Å². The Morgan fingerprint density at radius 3 is 2.03 bits per heavy atom. The Hall–Kier alpha value is -3.08. The number of benzene rings is 3. The van der Waals surface area contributed by atoms with Gasteiger partial charge in [0.25, 0.3) is 5.91 Å². The molecule has 1 N–H and O–H groups in total. The topological polar surface area (TPSA) is 104 Å². The molecular formula is C23H24ClN3O5S2. The highest BCUT2D eigenvalue weighted by Gasteiger charge is 2.19.